The minimum absolute atomic E-state index is 0.183. The van der Waals surface area contributed by atoms with Crippen LogP contribution >= 0.6 is 0 Å². The van der Waals surface area contributed by atoms with Crippen molar-refractivity contribution in [3.8, 4) is 0 Å². The maximum Gasteiger partial charge on any atom is 0.321 e. The number of nitrogens with zero attached hydrogens (tertiary/aromatic N) is 1. The normalized spacial score (nSPS) is 13.6. The van der Waals surface area contributed by atoms with E-state index < -0.39 is 18.1 Å². The number of aliphatic hydroxyl groups excluding tert-OH is 1. The molecular weight excluding hydrogens is 334 g/mol. The average Bonchev–Trinajstić information content (AvgIpc) is 3.13. The predicted octanol–water partition coefficient (Wildman–Crippen LogP) is 2.51. The molecule has 0 radical (unpaired) electrons. The van der Waals surface area contributed by atoms with E-state index in [9.17, 15) is 15.0 Å². The molecule has 0 saturated heterocycles. The lowest BCUT2D eigenvalue weighted by atomic mass is 10.1. The van der Waals surface area contributed by atoms with Gasteiger partial charge in [-0.3, -0.25) is 4.79 Å². The van der Waals surface area contributed by atoms with Gasteiger partial charge >= 0.3 is 5.97 Å². The van der Waals surface area contributed by atoms with E-state index in [1.54, 1.807) is 6.20 Å². The zero-order chi connectivity index (χ0) is 19.0. The van der Waals surface area contributed by atoms with Crippen molar-refractivity contribution in [3.63, 3.8) is 0 Å². The Hall–Kier alpha value is -1.44. The number of aromatic nitrogens is 2. The molecule has 26 heavy (non-hydrogen) atoms. The van der Waals surface area contributed by atoms with Gasteiger partial charge in [0.15, 0.2) is 0 Å². The first-order valence-electron chi connectivity index (χ1n) is 9.82. The number of rotatable bonds is 17. The molecule has 0 spiro atoms. The molecule has 0 amide bonds. The van der Waals surface area contributed by atoms with Crippen LogP contribution in [0.2, 0.25) is 0 Å². The molecule has 0 bridgehead atoms. The second-order valence-electron chi connectivity index (χ2n) is 6.78. The SMILES string of the molecule is CCCCCCCCCCOCC(O)CN[C@@H](Cc1cnc[nH]1)C(=O)O. The molecule has 2 atom stereocenters. The van der Waals surface area contributed by atoms with Crippen LogP contribution in [0, 0.1) is 0 Å². The summed E-state index contributed by atoms with van der Waals surface area (Å²) in [4.78, 5) is 18.0. The molecule has 1 rings (SSSR count). The van der Waals surface area contributed by atoms with Gasteiger partial charge in [-0.05, 0) is 6.42 Å². The van der Waals surface area contributed by atoms with Gasteiger partial charge in [0.1, 0.15) is 6.04 Å². The van der Waals surface area contributed by atoms with Gasteiger partial charge in [0.2, 0.25) is 0 Å². The third-order valence-corrected chi connectivity index (χ3v) is 4.33. The molecular formula is C19H35N3O4. The van der Waals surface area contributed by atoms with Crippen LogP contribution in [0.15, 0.2) is 12.5 Å². The highest BCUT2D eigenvalue weighted by atomic mass is 16.5. The molecule has 0 fully saturated rings. The average molecular weight is 370 g/mol. The highest BCUT2D eigenvalue weighted by Crippen LogP contribution is 2.08. The van der Waals surface area contributed by atoms with Crippen LogP contribution in [0.3, 0.4) is 0 Å². The molecule has 1 aromatic heterocycles. The number of H-pyrrole nitrogens is 1. The van der Waals surface area contributed by atoms with Crippen molar-refractivity contribution in [3.05, 3.63) is 18.2 Å². The summed E-state index contributed by atoms with van der Waals surface area (Å²) in [7, 11) is 0. The number of aliphatic hydroxyl groups is 1. The highest BCUT2D eigenvalue weighted by molar-refractivity contribution is 5.73. The monoisotopic (exact) mass is 369 g/mol. The van der Waals surface area contributed by atoms with Gasteiger partial charge in [-0.1, -0.05) is 51.9 Å². The Morgan fingerprint density at radius 1 is 1.23 bits per heavy atom. The van der Waals surface area contributed by atoms with Crippen molar-refractivity contribution in [1.29, 1.82) is 0 Å². The fourth-order valence-corrected chi connectivity index (χ4v) is 2.76. The van der Waals surface area contributed by atoms with Gasteiger partial charge < -0.3 is 25.3 Å². The first-order valence-corrected chi connectivity index (χ1v) is 9.82. The Balaban J connectivity index is 2.01. The standard InChI is InChI=1S/C19H35N3O4/c1-2-3-4-5-6-7-8-9-10-26-14-17(23)13-21-18(19(24)25)11-16-12-20-15-22-16/h12,15,17-18,21,23H,2-11,13-14H2,1H3,(H,20,22)(H,24,25)/t17?,18-/m0/s1. The number of aliphatic carboxylic acids is 1. The van der Waals surface area contributed by atoms with E-state index >= 15 is 0 Å². The summed E-state index contributed by atoms with van der Waals surface area (Å²) in [5.41, 5.74) is 0.741. The Kier molecular flexibility index (Phi) is 12.8. The molecule has 7 nitrogen and oxygen atoms in total. The lowest BCUT2D eigenvalue weighted by Gasteiger charge is -2.17. The number of hydrogen-bond acceptors (Lipinski definition) is 5. The molecule has 0 aromatic carbocycles. The second-order valence-corrected chi connectivity index (χ2v) is 6.78. The number of ether oxygens (including phenoxy) is 1. The smallest absolute Gasteiger partial charge is 0.321 e. The van der Waals surface area contributed by atoms with Crippen molar-refractivity contribution in [2.45, 2.75) is 76.9 Å². The van der Waals surface area contributed by atoms with Gasteiger partial charge in [-0.15, -0.1) is 0 Å². The molecule has 150 valence electrons. The first kappa shape index (κ1) is 22.6. The summed E-state index contributed by atoms with van der Waals surface area (Å²) in [5.74, 6) is -0.952. The third kappa shape index (κ3) is 11.2. The molecule has 0 aliphatic carbocycles. The van der Waals surface area contributed by atoms with Gasteiger partial charge in [-0.25, -0.2) is 4.98 Å². The Morgan fingerprint density at radius 3 is 2.54 bits per heavy atom. The van der Waals surface area contributed by atoms with E-state index in [0.29, 0.717) is 13.0 Å². The molecule has 0 aliphatic heterocycles. The van der Waals surface area contributed by atoms with E-state index in [0.717, 1.165) is 18.5 Å². The van der Waals surface area contributed by atoms with Crippen LogP contribution < -0.4 is 5.32 Å². The van der Waals surface area contributed by atoms with Crippen molar-refractivity contribution < 1.29 is 19.7 Å². The Bertz CT molecular complexity index is 454. The largest absolute Gasteiger partial charge is 0.480 e. The quantitative estimate of drug-likeness (QED) is 0.314. The summed E-state index contributed by atoms with van der Waals surface area (Å²) >= 11 is 0. The lowest BCUT2D eigenvalue weighted by molar-refractivity contribution is -0.139. The van der Waals surface area contributed by atoms with E-state index in [1.165, 1.54) is 44.9 Å². The van der Waals surface area contributed by atoms with Gasteiger partial charge in [0, 0.05) is 31.5 Å². The van der Waals surface area contributed by atoms with Crippen LogP contribution in [-0.4, -0.2) is 58.1 Å². The Labute approximate surface area is 156 Å². The molecule has 1 heterocycles. The van der Waals surface area contributed by atoms with Gasteiger partial charge in [-0.2, -0.15) is 0 Å². The molecule has 1 unspecified atom stereocenters. The van der Waals surface area contributed by atoms with Gasteiger partial charge in [0.25, 0.3) is 0 Å². The third-order valence-electron chi connectivity index (χ3n) is 4.33. The van der Waals surface area contributed by atoms with Crippen molar-refractivity contribution in [1.82, 2.24) is 15.3 Å². The summed E-state index contributed by atoms with van der Waals surface area (Å²) in [6, 6.07) is -0.766. The molecule has 0 saturated carbocycles. The number of carboxylic acids is 1. The molecule has 7 heteroatoms. The fraction of sp³-hybridized carbons (Fsp3) is 0.789. The topological polar surface area (TPSA) is 107 Å². The highest BCUT2D eigenvalue weighted by Gasteiger charge is 2.19. The minimum atomic E-state index is -0.952. The molecule has 4 N–H and O–H groups in total. The van der Waals surface area contributed by atoms with Crippen molar-refractivity contribution in [2.24, 2.45) is 0 Å². The fourth-order valence-electron chi connectivity index (χ4n) is 2.76. The number of carboxylic acid groups (broad SMARTS) is 1. The summed E-state index contributed by atoms with van der Waals surface area (Å²) < 4.78 is 5.49. The first-order chi connectivity index (χ1) is 12.6. The minimum Gasteiger partial charge on any atom is -0.480 e. The van der Waals surface area contributed by atoms with E-state index in [4.69, 9.17) is 4.74 Å². The maximum atomic E-state index is 11.3. The summed E-state index contributed by atoms with van der Waals surface area (Å²) in [6.07, 6.45) is 12.7. The van der Waals surface area contributed by atoms with Crippen LogP contribution in [-0.2, 0) is 16.0 Å². The molecule has 1 aromatic rings. The van der Waals surface area contributed by atoms with Crippen LogP contribution in [0.5, 0.6) is 0 Å². The van der Waals surface area contributed by atoms with E-state index in [2.05, 4.69) is 22.2 Å². The predicted molar refractivity (Wildman–Crippen MR) is 101 cm³/mol. The maximum absolute atomic E-state index is 11.3. The summed E-state index contributed by atoms with van der Waals surface area (Å²) in [6.45, 7) is 3.27. The number of unbranched alkanes of at least 4 members (excludes halogenated alkanes) is 7. The zero-order valence-corrected chi connectivity index (χ0v) is 16.0. The summed E-state index contributed by atoms with van der Waals surface area (Å²) in [5, 5.41) is 22.0. The van der Waals surface area contributed by atoms with Gasteiger partial charge in [0.05, 0.1) is 19.0 Å². The van der Waals surface area contributed by atoms with Crippen LogP contribution in [0.1, 0.15) is 64.0 Å². The van der Waals surface area contributed by atoms with Crippen molar-refractivity contribution >= 4 is 5.97 Å². The number of carbonyl (C=O) groups is 1. The van der Waals surface area contributed by atoms with Crippen molar-refractivity contribution in [2.75, 3.05) is 19.8 Å². The zero-order valence-electron chi connectivity index (χ0n) is 16.0. The van der Waals surface area contributed by atoms with Crippen LogP contribution in [0.25, 0.3) is 0 Å². The van der Waals surface area contributed by atoms with E-state index in [1.807, 2.05) is 0 Å². The number of imidazole rings is 1. The number of nitrogens with one attached hydrogen (secondary N) is 2. The van der Waals surface area contributed by atoms with Crippen LogP contribution in [0.4, 0.5) is 0 Å². The number of aromatic amines is 1. The molecule has 0 aliphatic rings. The van der Waals surface area contributed by atoms with E-state index in [-0.39, 0.29) is 13.2 Å². The number of hydrogen-bond donors (Lipinski definition) is 4. The lowest BCUT2D eigenvalue weighted by Crippen LogP contribution is -2.43. The Morgan fingerprint density at radius 2 is 1.92 bits per heavy atom. The second kappa shape index (κ2) is 14.7.